The van der Waals surface area contributed by atoms with E-state index in [9.17, 15) is 9.59 Å². The van der Waals surface area contributed by atoms with Crippen LogP contribution in [0.5, 0.6) is 0 Å². The van der Waals surface area contributed by atoms with Crippen molar-refractivity contribution in [2.45, 2.75) is 0 Å². The Morgan fingerprint density at radius 1 is 0.630 bits per heavy atom. The lowest BCUT2D eigenvalue weighted by Gasteiger charge is -1.95. The van der Waals surface area contributed by atoms with Crippen LogP contribution >= 0.6 is 31.9 Å². The van der Waals surface area contributed by atoms with Crippen molar-refractivity contribution in [1.29, 1.82) is 0 Å². The molecule has 0 N–H and O–H groups in total. The topological polar surface area (TPSA) is 47.3 Å². The lowest BCUT2D eigenvalue weighted by molar-refractivity contribution is 0.103. The SMILES string of the molecule is O=C(/C=C\c1ccc(/C=C\C(=O)c2ccc(Br)cc2)o1)c1ccc(Br)cc1. The van der Waals surface area contributed by atoms with Crippen LogP contribution in [-0.4, -0.2) is 11.6 Å². The minimum Gasteiger partial charge on any atom is -0.457 e. The summed E-state index contributed by atoms with van der Waals surface area (Å²) in [5, 5.41) is 0. The van der Waals surface area contributed by atoms with E-state index >= 15 is 0 Å². The van der Waals surface area contributed by atoms with Crippen molar-refractivity contribution < 1.29 is 14.0 Å². The fourth-order valence-electron chi connectivity index (χ4n) is 2.28. The quantitative estimate of drug-likeness (QED) is 0.292. The molecule has 0 saturated carbocycles. The highest BCUT2D eigenvalue weighted by atomic mass is 79.9. The summed E-state index contributed by atoms with van der Waals surface area (Å²) >= 11 is 6.68. The number of ketones is 2. The van der Waals surface area contributed by atoms with Crippen molar-refractivity contribution in [2.75, 3.05) is 0 Å². The van der Waals surface area contributed by atoms with Gasteiger partial charge in [-0.2, -0.15) is 0 Å². The first kappa shape index (κ1) is 19.3. The predicted molar refractivity (Wildman–Crippen MR) is 114 cm³/mol. The summed E-state index contributed by atoms with van der Waals surface area (Å²) in [4.78, 5) is 24.3. The van der Waals surface area contributed by atoms with E-state index in [1.807, 2.05) is 24.3 Å². The number of furan rings is 1. The maximum Gasteiger partial charge on any atom is 0.185 e. The Balaban J connectivity index is 1.64. The number of carbonyl (C=O) groups is 2. The fraction of sp³-hybridized carbons (Fsp3) is 0. The van der Waals surface area contributed by atoms with Gasteiger partial charge in [0.2, 0.25) is 0 Å². The van der Waals surface area contributed by atoms with Gasteiger partial charge >= 0.3 is 0 Å². The van der Waals surface area contributed by atoms with Crippen LogP contribution in [0.1, 0.15) is 32.2 Å². The van der Waals surface area contributed by atoms with Gasteiger partial charge in [-0.25, -0.2) is 0 Å². The molecular formula is C22H14Br2O3. The molecule has 3 rings (SSSR count). The zero-order valence-electron chi connectivity index (χ0n) is 14.1. The second-order valence-electron chi connectivity index (χ2n) is 5.65. The summed E-state index contributed by atoms with van der Waals surface area (Å²) in [6, 6.07) is 17.8. The van der Waals surface area contributed by atoms with Gasteiger partial charge in [0, 0.05) is 20.1 Å². The molecule has 5 heteroatoms. The molecule has 0 aliphatic rings. The summed E-state index contributed by atoms with van der Waals surface area (Å²) in [5.74, 6) is 0.857. The van der Waals surface area contributed by atoms with Gasteiger partial charge < -0.3 is 4.42 Å². The number of hydrogen-bond donors (Lipinski definition) is 0. The number of rotatable bonds is 6. The van der Waals surface area contributed by atoms with Crippen molar-refractivity contribution in [2.24, 2.45) is 0 Å². The molecule has 0 aliphatic carbocycles. The molecule has 0 aliphatic heterocycles. The van der Waals surface area contributed by atoms with Crippen molar-refractivity contribution in [3.8, 4) is 0 Å². The van der Waals surface area contributed by atoms with Gasteiger partial charge in [-0.3, -0.25) is 9.59 Å². The predicted octanol–water partition coefficient (Wildman–Crippen LogP) is 6.60. The van der Waals surface area contributed by atoms with E-state index in [1.165, 1.54) is 12.2 Å². The average Bonchev–Trinajstić information content (AvgIpc) is 3.13. The Bertz CT molecular complexity index is 928. The van der Waals surface area contributed by atoms with Crippen molar-refractivity contribution >= 4 is 55.6 Å². The third kappa shape index (κ3) is 5.49. The van der Waals surface area contributed by atoms with E-state index < -0.39 is 0 Å². The molecule has 134 valence electrons. The number of benzene rings is 2. The van der Waals surface area contributed by atoms with E-state index in [0.29, 0.717) is 22.6 Å². The molecule has 0 amide bonds. The molecule has 0 spiro atoms. The fourth-order valence-corrected chi connectivity index (χ4v) is 2.81. The van der Waals surface area contributed by atoms with Gasteiger partial charge in [0.1, 0.15) is 11.5 Å². The van der Waals surface area contributed by atoms with E-state index in [4.69, 9.17) is 4.42 Å². The lowest BCUT2D eigenvalue weighted by atomic mass is 10.1. The molecule has 3 nitrogen and oxygen atoms in total. The van der Waals surface area contributed by atoms with Gasteiger partial charge in [-0.15, -0.1) is 0 Å². The third-order valence-electron chi connectivity index (χ3n) is 3.70. The molecule has 2 aromatic carbocycles. The van der Waals surface area contributed by atoms with Crippen LogP contribution in [-0.2, 0) is 0 Å². The van der Waals surface area contributed by atoms with Crippen LogP contribution in [0.3, 0.4) is 0 Å². The van der Waals surface area contributed by atoms with E-state index in [1.54, 1.807) is 48.6 Å². The summed E-state index contributed by atoms with van der Waals surface area (Å²) in [7, 11) is 0. The molecule has 0 fully saturated rings. The van der Waals surface area contributed by atoms with Crippen LogP contribution in [0.2, 0.25) is 0 Å². The smallest absolute Gasteiger partial charge is 0.185 e. The summed E-state index contributed by atoms with van der Waals surface area (Å²) in [6.07, 6.45) is 6.14. The van der Waals surface area contributed by atoms with Crippen LogP contribution in [0, 0.1) is 0 Å². The number of halogens is 2. The first-order valence-corrected chi connectivity index (χ1v) is 9.66. The molecule has 0 atom stereocenters. The maximum atomic E-state index is 12.1. The first-order valence-electron chi connectivity index (χ1n) is 8.07. The van der Waals surface area contributed by atoms with Crippen LogP contribution in [0.15, 0.2) is 86.2 Å². The highest BCUT2D eigenvalue weighted by Gasteiger charge is 2.04. The molecule has 0 bridgehead atoms. The van der Waals surface area contributed by atoms with Crippen LogP contribution in [0.25, 0.3) is 12.2 Å². The zero-order chi connectivity index (χ0) is 19.2. The molecule has 0 saturated heterocycles. The second-order valence-corrected chi connectivity index (χ2v) is 7.48. The number of carbonyl (C=O) groups excluding carboxylic acids is 2. The van der Waals surface area contributed by atoms with E-state index in [-0.39, 0.29) is 11.6 Å². The van der Waals surface area contributed by atoms with Gasteiger partial charge in [0.15, 0.2) is 11.6 Å². The Hall–Kier alpha value is -2.50. The number of allylic oxidation sites excluding steroid dienone is 2. The Labute approximate surface area is 173 Å². The molecule has 0 radical (unpaired) electrons. The Kier molecular flexibility index (Phi) is 6.37. The summed E-state index contributed by atoms with van der Waals surface area (Å²) < 4.78 is 7.44. The molecular weight excluding hydrogens is 472 g/mol. The minimum atomic E-state index is -0.110. The van der Waals surface area contributed by atoms with Crippen molar-refractivity contribution in [3.63, 3.8) is 0 Å². The van der Waals surface area contributed by atoms with Gasteiger partial charge in [-0.1, -0.05) is 31.9 Å². The Morgan fingerprint density at radius 2 is 1.00 bits per heavy atom. The van der Waals surface area contributed by atoms with Crippen molar-refractivity contribution in [3.05, 3.63) is 104 Å². The zero-order valence-corrected chi connectivity index (χ0v) is 17.2. The van der Waals surface area contributed by atoms with Crippen molar-refractivity contribution in [1.82, 2.24) is 0 Å². The standard InChI is InChI=1S/C22H14Br2O3/c23-17-5-1-15(2-6-17)21(25)13-11-19-9-10-20(27-19)12-14-22(26)16-3-7-18(24)8-4-16/h1-14H/b13-11-,14-12-. The van der Waals surface area contributed by atoms with Gasteiger partial charge in [0.05, 0.1) is 0 Å². The molecule has 3 aromatic rings. The summed E-state index contributed by atoms with van der Waals surface area (Å²) in [5.41, 5.74) is 1.20. The van der Waals surface area contributed by atoms with Crippen LogP contribution in [0.4, 0.5) is 0 Å². The average molecular weight is 486 g/mol. The highest BCUT2D eigenvalue weighted by Crippen LogP contribution is 2.15. The van der Waals surface area contributed by atoms with Crippen LogP contribution < -0.4 is 0 Å². The van der Waals surface area contributed by atoms with Gasteiger partial charge in [-0.05, 0) is 85.0 Å². The lowest BCUT2D eigenvalue weighted by Crippen LogP contribution is -1.93. The second kappa shape index (κ2) is 8.93. The Morgan fingerprint density at radius 3 is 1.37 bits per heavy atom. The molecule has 27 heavy (non-hydrogen) atoms. The monoisotopic (exact) mass is 484 g/mol. The summed E-state index contributed by atoms with van der Waals surface area (Å²) in [6.45, 7) is 0. The number of hydrogen-bond acceptors (Lipinski definition) is 3. The highest BCUT2D eigenvalue weighted by molar-refractivity contribution is 9.10. The van der Waals surface area contributed by atoms with E-state index in [2.05, 4.69) is 31.9 Å². The molecule has 1 heterocycles. The molecule has 1 aromatic heterocycles. The van der Waals surface area contributed by atoms with Gasteiger partial charge in [0.25, 0.3) is 0 Å². The normalized spacial score (nSPS) is 11.3. The first-order chi connectivity index (χ1) is 13.0. The minimum absolute atomic E-state index is 0.110. The largest absolute Gasteiger partial charge is 0.457 e. The van der Waals surface area contributed by atoms with E-state index in [0.717, 1.165) is 8.95 Å². The third-order valence-corrected chi connectivity index (χ3v) is 4.76. The maximum absolute atomic E-state index is 12.1. The molecule has 0 unspecified atom stereocenters.